The van der Waals surface area contributed by atoms with Crippen LogP contribution in [0.25, 0.3) is 0 Å². The Kier molecular flexibility index (Phi) is 8.95. The smallest absolute Gasteiger partial charge is 0.240 e. The van der Waals surface area contributed by atoms with Gasteiger partial charge < -0.3 is 20.4 Å². The van der Waals surface area contributed by atoms with E-state index in [4.69, 9.17) is 11.6 Å². The van der Waals surface area contributed by atoms with Crippen LogP contribution in [0.3, 0.4) is 0 Å². The molecule has 2 heterocycles. The van der Waals surface area contributed by atoms with Gasteiger partial charge in [-0.25, -0.2) is 8.42 Å². The molecule has 2 aliphatic rings. The predicted octanol–water partition coefficient (Wildman–Crippen LogP) is 3.28. The van der Waals surface area contributed by atoms with E-state index in [1.165, 1.54) is 11.1 Å². The highest BCUT2D eigenvalue weighted by Gasteiger charge is 2.29. The third kappa shape index (κ3) is 7.34. The van der Waals surface area contributed by atoms with Crippen LogP contribution in [0.1, 0.15) is 16.7 Å². The number of amides is 1. The number of piperazine rings is 1. The molecule has 212 valence electrons. The van der Waals surface area contributed by atoms with Crippen molar-refractivity contribution in [2.75, 3.05) is 48.6 Å². The summed E-state index contributed by atoms with van der Waals surface area (Å²) in [6.07, 6.45) is 2.64. The molecule has 0 aromatic heterocycles. The Morgan fingerprint density at radius 2 is 1.65 bits per heavy atom. The van der Waals surface area contributed by atoms with Gasteiger partial charge in [-0.05, 0) is 53.8 Å². The number of para-hydroxylation sites is 2. The Morgan fingerprint density at radius 1 is 0.975 bits per heavy atom. The van der Waals surface area contributed by atoms with E-state index in [9.17, 15) is 13.2 Å². The van der Waals surface area contributed by atoms with Gasteiger partial charge in [-0.3, -0.25) is 9.52 Å². The first-order chi connectivity index (χ1) is 19.2. The molecule has 0 radical (unpaired) electrons. The van der Waals surface area contributed by atoms with Gasteiger partial charge in [0.1, 0.15) is 0 Å². The normalized spacial score (nSPS) is 18.2. The molecule has 1 fully saturated rings. The number of fused-ring (bicyclic) bond motifs is 1. The SMILES string of the molecule is CS(=O)(=O)Nc1ccccc1N1CCN(C(=O)[C@@H](Cc2ccc(Cl)cc2)NC[C@@H]2Cc3ccccc3CN2)CC1. The van der Waals surface area contributed by atoms with Crippen LogP contribution in [0.15, 0.2) is 72.8 Å². The number of hydrogen-bond donors (Lipinski definition) is 3. The lowest BCUT2D eigenvalue weighted by Gasteiger charge is -2.38. The number of benzene rings is 3. The van der Waals surface area contributed by atoms with Gasteiger partial charge in [0.25, 0.3) is 0 Å². The van der Waals surface area contributed by atoms with E-state index in [-0.39, 0.29) is 18.0 Å². The average Bonchev–Trinajstić information content (AvgIpc) is 2.95. The molecule has 1 saturated heterocycles. The molecule has 40 heavy (non-hydrogen) atoms. The molecule has 2 aliphatic heterocycles. The van der Waals surface area contributed by atoms with Gasteiger partial charge in [0, 0.05) is 50.3 Å². The van der Waals surface area contributed by atoms with Crippen molar-refractivity contribution in [3.63, 3.8) is 0 Å². The van der Waals surface area contributed by atoms with E-state index < -0.39 is 10.0 Å². The van der Waals surface area contributed by atoms with Crippen molar-refractivity contribution in [1.29, 1.82) is 0 Å². The van der Waals surface area contributed by atoms with Crippen LogP contribution < -0.4 is 20.3 Å². The Hall–Kier alpha value is -3.11. The largest absolute Gasteiger partial charge is 0.366 e. The molecule has 10 heteroatoms. The zero-order valence-electron chi connectivity index (χ0n) is 22.6. The highest BCUT2D eigenvalue weighted by Crippen LogP contribution is 2.27. The lowest BCUT2D eigenvalue weighted by atomic mass is 9.95. The van der Waals surface area contributed by atoms with E-state index in [1.807, 2.05) is 47.4 Å². The molecule has 2 atom stereocenters. The van der Waals surface area contributed by atoms with Gasteiger partial charge in [0.05, 0.1) is 23.7 Å². The van der Waals surface area contributed by atoms with Gasteiger partial charge in [-0.15, -0.1) is 0 Å². The highest BCUT2D eigenvalue weighted by molar-refractivity contribution is 7.92. The maximum Gasteiger partial charge on any atom is 0.240 e. The second-order valence-corrected chi connectivity index (χ2v) is 12.7. The van der Waals surface area contributed by atoms with Crippen LogP contribution in [0.5, 0.6) is 0 Å². The van der Waals surface area contributed by atoms with Crippen LogP contribution in [0, 0.1) is 0 Å². The van der Waals surface area contributed by atoms with E-state index in [1.54, 1.807) is 6.07 Å². The van der Waals surface area contributed by atoms with Crippen LogP contribution in [0.4, 0.5) is 11.4 Å². The number of sulfonamides is 1. The summed E-state index contributed by atoms with van der Waals surface area (Å²) < 4.78 is 26.3. The predicted molar refractivity (Wildman–Crippen MR) is 161 cm³/mol. The Bertz CT molecular complexity index is 1430. The van der Waals surface area contributed by atoms with E-state index in [0.717, 1.165) is 30.5 Å². The number of carbonyl (C=O) groups excluding carboxylic acids is 1. The number of carbonyl (C=O) groups is 1. The zero-order chi connectivity index (χ0) is 28.1. The second-order valence-electron chi connectivity index (χ2n) is 10.5. The first kappa shape index (κ1) is 28.4. The summed E-state index contributed by atoms with van der Waals surface area (Å²) in [6, 6.07) is 23.4. The molecular weight excluding hydrogens is 546 g/mol. The van der Waals surface area contributed by atoms with Crippen LogP contribution >= 0.6 is 11.6 Å². The fourth-order valence-electron chi connectivity index (χ4n) is 5.48. The lowest BCUT2D eigenvalue weighted by Crippen LogP contribution is -2.56. The van der Waals surface area contributed by atoms with Gasteiger partial charge in [-0.1, -0.05) is 60.1 Å². The summed E-state index contributed by atoms with van der Waals surface area (Å²) in [4.78, 5) is 17.9. The van der Waals surface area contributed by atoms with Gasteiger partial charge in [0.2, 0.25) is 15.9 Å². The molecule has 3 aromatic rings. The van der Waals surface area contributed by atoms with Crippen LogP contribution in [-0.2, 0) is 34.2 Å². The van der Waals surface area contributed by atoms with Crippen molar-refractivity contribution < 1.29 is 13.2 Å². The molecule has 1 amide bonds. The molecule has 8 nitrogen and oxygen atoms in total. The number of rotatable bonds is 9. The minimum Gasteiger partial charge on any atom is -0.366 e. The molecule has 3 aromatic carbocycles. The molecule has 0 unspecified atom stereocenters. The standard InChI is InChI=1S/C30H36ClN5O3S/c1-40(38,39)34-27-8-4-5-9-29(27)35-14-16-36(17-15-35)30(37)28(18-22-10-12-25(31)13-11-22)33-21-26-19-23-6-2-3-7-24(23)20-32-26/h2-13,26,28,32-34H,14-21H2,1H3/t26-,28+/m0/s1. The summed E-state index contributed by atoms with van der Waals surface area (Å²) in [5.74, 6) is 0.0772. The monoisotopic (exact) mass is 581 g/mol. The van der Waals surface area contributed by atoms with Crippen molar-refractivity contribution in [3.8, 4) is 0 Å². The summed E-state index contributed by atoms with van der Waals surface area (Å²) in [5.41, 5.74) is 5.11. The molecule has 0 aliphatic carbocycles. The lowest BCUT2D eigenvalue weighted by molar-refractivity contribution is -0.133. The van der Waals surface area contributed by atoms with Crippen LogP contribution in [0.2, 0.25) is 5.02 Å². The third-order valence-corrected chi connectivity index (χ3v) is 8.40. The minimum atomic E-state index is -3.40. The number of hydrogen-bond acceptors (Lipinski definition) is 6. The fourth-order valence-corrected chi connectivity index (χ4v) is 6.17. The summed E-state index contributed by atoms with van der Waals surface area (Å²) >= 11 is 6.11. The average molecular weight is 582 g/mol. The summed E-state index contributed by atoms with van der Waals surface area (Å²) in [5, 5.41) is 7.86. The zero-order valence-corrected chi connectivity index (χ0v) is 24.2. The second kappa shape index (κ2) is 12.6. The van der Waals surface area contributed by atoms with Gasteiger partial charge in [-0.2, -0.15) is 0 Å². The number of halogens is 1. The van der Waals surface area contributed by atoms with Crippen LogP contribution in [-0.4, -0.2) is 70.3 Å². The van der Waals surface area contributed by atoms with Gasteiger partial charge >= 0.3 is 0 Å². The quantitative estimate of drug-likeness (QED) is 0.359. The topological polar surface area (TPSA) is 93.8 Å². The molecule has 3 N–H and O–H groups in total. The molecule has 0 spiro atoms. The minimum absolute atomic E-state index is 0.0772. The van der Waals surface area contributed by atoms with E-state index in [2.05, 4.69) is 44.5 Å². The molecule has 5 rings (SSSR count). The molecular formula is C30H36ClN5O3S. The first-order valence-electron chi connectivity index (χ1n) is 13.6. The highest BCUT2D eigenvalue weighted by atomic mass is 35.5. The van der Waals surface area contributed by atoms with Crippen molar-refractivity contribution in [2.24, 2.45) is 0 Å². The number of nitrogens with zero attached hydrogens (tertiary/aromatic N) is 2. The Balaban J connectivity index is 1.25. The first-order valence-corrected chi connectivity index (χ1v) is 15.9. The van der Waals surface area contributed by atoms with E-state index >= 15 is 0 Å². The molecule has 0 saturated carbocycles. The Labute approximate surface area is 241 Å². The summed E-state index contributed by atoms with van der Waals surface area (Å²) in [7, 11) is -3.40. The number of anilines is 2. The maximum absolute atomic E-state index is 13.8. The van der Waals surface area contributed by atoms with Crippen molar-refractivity contribution in [3.05, 3.63) is 94.5 Å². The maximum atomic E-state index is 13.8. The number of nitrogens with one attached hydrogen (secondary N) is 3. The Morgan fingerprint density at radius 3 is 2.38 bits per heavy atom. The van der Waals surface area contributed by atoms with Crippen molar-refractivity contribution >= 4 is 38.9 Å². The van der Waals surface area contributed by atoms with Crippen molar-refractivity contribution in [2.45, 2.75) is 31.5 Å². The van der Waals surface area contributed by atoms with E-state index in [0.29, 0.717) is 49.9 Å². The summed E-state index contributed by atoms with van der Waals surface area (Å²) in [6.45, 7) is 3.85. The fraction of sp³-hybridized carbons (Fsp3) is 0.367. The van der Waals surface area contributed by atoms with Crippen molar-refractivity contribution in [1.82, 2.24) is 15.5 Å². The third-order valence-electron chi connectivity index (χ3n) is 7.56. The van der Waals surface area contributed by atoms with Gasteiger partial charge in [0.15, 0.2) is 0 Å². The molecule has 0 bridgehead atoms.